The van der Waals surface area contributed by atoms with Crippen molar-refractivity contribution in [2.45, 2.75) is 83.7 Å². The molecule has 0 radical (unpaired) electrons. The first-order chi connectivity index (χ1) is 11.5. The van der Waals surface area contributed by atoms with E-state index in [1.807, 2.05) is 12.7 Å². The topological polar surface area (TPSA) is 9.23 Å². The van der Waals surface area contributed by atoms with Crippen LogP contribution in [0.3, 0.4) is 0 Å². The van der Waals surface area contributed by atoms with Crippen molar-refractivity contribution in [2.24, 2.45) is 5.41 Å². The van der Waals surface area contributed by atoms with E-state index < -0.39 is 0 Å². The fraction of sp³-hybridized carbons (Fsp3) is 0.652. The molecule has 4 rings (SSSR count). The van der Waals surface area contributed by atoms with Crippen LogP contribution in [-0.4, -0.2) is 13.2 Å². The summed E-state index contributed by atoms with van der Waals surface area (Å²) in [6.45, 7) is 7.10. The number of hydrogen-bond acceptors (Lipinski definition) is 1. The average molecular weight is 325 g/mol. The van der Waals surface area contributed by atoms with Gasteiger partial charge in [0.15, 0.2) is 0 Å². The van der Waals surface area contributed by atoms with Gasteiger partial charge in [0.2, 0.25) is 0 Å². The van der Waals surface area contributed by atoms with Gasteiger partial charge in [-0.25, -0.2) is 0 Å². The van der Waals surface area contributed by atoms with Crippen molar-refractivity contribution in [2.75, 3.05) is 7.11 Å². The van der Waals surface area contributed by atoms with E-state index in [0.29, 0.717) is 16.9 Å². The lowest BCUT2D eigenvalue weighted by Crippen LogP contribution is -2.40. The molecule has 1 aromatic carbocycles. The van der Waals surface area contributed by atoms with E-state index in [0.717, 1.165) is 0 Å². The van der Waals surface area contributed by atoms with Crippen LogP contribution in [-0.2, 0) is 16.6 Å². The zero-order valence-electron chi connectivity index (χ0n) is 15.9. The third kappa shape index (κ3) is 2.24. The second-order valence-electron chi connectivity index (χ2n) is 8.78. The van der Waals surface area contributed by atoms with Crippen LogP contribution in [0.2, 0.25) is 0 Å². The fourth-order valence-electron chi connectivity index (χ4n) is 6.19. The first kappa shape index (κ1) is 16.4. The Morgan fingerprint density at radius 2 is 2.00 bits per heavy atom. The summed E-state index contributed by atoms with van der Waals surface area (Å²) in [6.07, 6.45) is 10.6. The fourth-order valence-corrected chi connectivity index (χ4v) is 6.19. The summed E-state index contributed by atoms with van der Waals surface area (Å²) >= 11 is 0. The van der Waals surface area contributed by atoms with E-state index in [1.54, 1.807) is 16.7 Å². The van der Waals surface area contributed by atoms with Crippen LogP contribution >= 0.6 is 0 Å². The molecule has 0 aliphatic heterocycles. The lowest BCUT2D eigenvalue weighted by Gasteiger charge is -2.50. The van der Waals surface area contributed by atoms with E-state index in [-0.39, 0.29) is 0 Å². The van der Waals surface area contributed by atoms with E-state index in [1.165, 1.54) is 56.9 Å². The summed E-state index contributed by atoms with van der Waals surface area (Å²) in [6, 6.07) is 7.25. The third-order valence-corrected chi connectivity index (χ3v) is 7.31. The molecule has 1 heteroatoms. The lowest BCUT2D eigenvalue weighted by molar-refractivity contribution is 0.0944. The molecule has 3 atom stereocenters. The molecule has 0 aromatic heterocycles. The number of rotatable bonds is 3. The van der Waals surface area contributed by atoms with Gasteiger partial charge < -0.3 is 4.74 Å². The summed E-state index contributed by atoms with van der Waals surface area (Å²) < 4.78 is 5.79. The number of benzene rings is 1. The SMILES string of the molecule is CCC[C@@]12CC[C@@]3(C)C[C@@H](OC)CC3=C1CCc1cc(C)ccc12. The molecule has 0 heterocycles. The summed E-state index contributed by atoms with van der Waals surface area (Å²) in [5.41, 5.74) is 9.01. The van der Waals surface area contributed by atoms with Crippen LogP contribution in [0.1, 0.15) is 75.5 Å². The first-order valence-electron chi connectivity index (χ1n) is 9.88. The number of allylic oxidation sites excluding steroid dienone is 1. The maximum atomic E-state index is 5.79. The van der Waals surface area contributed by atoms with Gasteiger partial charge in [-0.15, -0.1) is 0 Å². The van der Waals surface area contributed by atoms with Gasteiger partial charge in [-0.3, -0.25) is 0 Å². The Balaban J connectivity index is 1.89. The lowest BCUT2D eigenvalue weighted by atomic mass is 9.54. The minimum absolute atomic E-state index is 0.327. The molecular weight excluding hydrogens is 292 g/mol. The highest BCUT2D eigenvalue weighted by molar-refractivity contribution is 5.52. The van der Waals surface area contributed by atoms with Gasteiger partial charge in [-0.05, 0) is 68.4 Å². The second-order valence-corrected chi connectivity index (χ2v) is 8.78. The van der Waals surface area contributed by atoms with Crippen LogP contribution in [0, 0.1) is 12.3 Å². The Bertz CT molecular complexity index is 685. The standard InChI is InChI=1S/C23H32O/c1-5-10-23-12-11-22(3)15-18(24-4)14-21(22)20(23)9-7-17-13-16(2)6-8-19(17)23/h6,8,13,18H,5,7,9-12,14-15H2,1-4H3/t18-,22-,23-/m0/s1. The van der Waals surface area contributed by atoms with Crippen molar-refractivity contribution in [3.05, 3.63) is 46.0 Å². The molecule has 0 N–H and O–H groups in total. The van der Waals surface area contributed by atoms with Crippen LogP contribution in [0.25, 0.3) is 0 Å². The molecule has 1 fully saturated rings. The van der Waals surface area contributed by atoms with Crippen LogP contribution in [0.4, 0.5) is 0 Å². The molecule has 0 saturated heterocycles. The highest BCUT2D eigenvalue weighted by Crippen LogP contribution is 2.61. The Morgan fingerprint density at radius 1 is 1.17 bits per heavy atom. The molecule has 1 saturated carbocycles. The zero-order chi connectivity index (χ0) is 16.9. The summed E-state index contributed by atoms with van der Waals surface area (Å²) in [5, 5.41) is 0. The normalized spacial score (nSPS) is 34.8. The van der Waals surface area contributed by atoms with E-state index in [4.69, 9.17) is 4.74 Å². The van der Waals surface area contributed by atoms with Gasteiger partial charge in [-0.1, -0.05) is 55.2 Å². The van der Waals surface area contributed by atoms with Crippen LogP contribution in [0.15, 0.2) is 29.3 Å². The van der Waals surface area contributed by atoms with Crippen molar-refractivity contribution in [3.8, 4) is 0 Å². The molecule has 3 aliphatic carbocycles. The predicted octanol–water partition coefficient (Wildman–Crippen LogP) is 5.88. The third-order valence-electron chi connectivity index (χ3n) is 7.31. The first-order valence-corrected chi connectivity index (χ1v) is 9.88. The second kappa shape index (κ2) is 5.73. The number of ether oxygens (including phenoxy) is 1. The maximum absolute atomic E-state index is 5.79. The molecule has 130 valence electrons. The molecule has 0 bridgehead atoms. The van der Waals surface area contributed by atoms with Gasteiger partial charge >= 0.3 is 0 Å². The van der Waals surface area contributed by atoms with Gasteiger partial charge in [-0.2, -0.15) is 0 Å². The van der Waals surface area contributed by atoms with Crippen LogP contribution in [0.5, 0.6) is 0 Å². The monoisotopic (exact) mass is 324 g/mol. The van der Waals surface area contributed by atoms with Crippen molar-refractivity contribution in [1.29, 1.82) is 0 Å². The van der Waals surface area contributed by atoms with E-state index >= 15 is 0 Å². The molecule has 1 nitrogen and oxygen atoms in total. The van der Waals surface area contributed by atoms with Gasteiger partial charge in [0.05, 0.1) is 6.10 Å². The Morgan fingerprint density at radius 3 is 2.75 bits per heavy atom. The Labute approximate surface area is 147 Å². The summed E-state index contributed by atoms with van der Waals surface area (Å²) in [7, 11) is 1.90. The highest BCUT2D eigenvalue weighted by atomic mass is 16.5. The highest BCUT2D eigenvalue weighted by Gasteiger charge is 2.51. The largest absolute Gasteiger partial charge is 0.381 e. The number of aryl methyl sites for hydroxylation is 2. The minimum Gasteiger partial charge on any atom is -0.381 e. The summed E-state index contributed by atoms with van der Waals surface area (Å²) in [5.74, 6) is 0. The number of methoxy groups -OCH3 is 1. The van der Waals surface area contributed by atoms with Crippen LogP contribution < -0.4 is 0 Å². The zero-order valence-corrected chi connectivity index (χ0v) is 15.9. The van der Waals surface area contributed by atoms with Crippen molar-refractivity contribution < 1.29 is 4.74 Å². The molecule has 0 amide bonds. The van der Waals surface area contributed by atoms with Crippen molar-refractivity contribution in [1.82, 2.24) is 0 Å². The number of hydrogen-bond donors (Lipinski definition) is 0. The van der Waals surface area contributed by atoms with Gasteiger partial charge in [0.1, 0.15) is 0 Å². The average Bonchev–Trinajstić information content (AvgIpc) is 2.91. The quantitative estimate of drug-likeness (QED) is 0.630. The Hall–Kier alpha value is -1.08. The number of fused-ring (bicyclic) bond motifs is 4. The van der Waals surface area contributed by atoms with Crippen molar-refractivity contribution >= 4 is 0 Å². The smallest absolute Gasteiger partial charge is 0.0617 e. The molecular formula is C23H32O. The van der Waals surface area contributed by atoms with E-state index in [9.17, 15) is 0 Å². The molecule has 24 heavy (non-hydrogen) atoms. The molecule has 3 aliphatic rings. The molecule has 1 aromatic rings. The van der Waals surface area contributed by atoms with E-state index in [2.05, 4.69) is 39.0 Å². The molecule has 0 spiro atoms. The minimum atomic E-state index is 0.327. The predicted molar refractivity (Wildman–Crippen MR) is 100 cm³/mol. The van der Waals surface area contributed by atoms with Gasteiger partial charge in [0.25, 0.3) is 0 Å². The Kier molecular flexibility index (Phi) is 3.91. The van der Waals surface area contributed by atoms with Gasteiger partial charge in [0, 0.05) is 12.5 Å². The molecule has 0 unspecified atom stereocenters. The van der Waals surface area contributed by atoms with Crippen molar-refractivity contribution in [3.63, 3.8) is 0 Å². The summed E-state index contributed by atoms with van der Waals surface area (Å²) in [4.78, 5) is 0. The maximum Gasteiger partial charge on any atom is 0.0617 e.